The molecule has 0 spiro atoms. The molecule has 1 heterocycles. The van der Waals surface area contributed by atoms with Crippen molar-refractivity contribution in [2.75, 3.05) is 7.11 Å². The van der Waals surface area contributed by atoms with Gasteiger partial charge in [-0.1, -0.05) is 0 Å². The molecule has 0 fully saturated rings. The normalized spacial score (nSPS) is 16.5. The number of ether oxygens (including phenoxy) is 1. The lowest BCUT2D eigenvalue weighted by Gasteiger charge is -2.18. The fourth-order valence-corrected chi connectivity index (χ4v) is 2.38. The predicted octanol–water partition coefficient (Wildman–Crippen LogP) is 3.50. The van der Waals surface area contributed by atoms with Crippen LogP contribution in [0.3, 0.4) is 0 Å². The first-order valence-electron chi connectivity index (χ1n) is 6.22. The number of ketones is 1. The fraction of sp³-hybridized carbons (Fsp3) is 0.188. The van der Waals surface area contributed by atoms with Crippen LogP contribution in [0.25, 0.3) is 6.08 Å². The SMILES string of the molecule is COc1ccc2c(c1)CCC(=Cc1ccoc1)C2=O. The Kier molecular flexibility index (Phi) is 2.95. The predicted molar refractivity (Wildman–Crippen MR) is 72.3 cm³/mol. The van der Waals surface area contributed by atoms with Crippen LogP contribution in [0, 0.1) is 0 Å². The summed E-state index contributed by atoms with van der Waals surface area (Å²) in [6.07, 6.45) is 6.77. The Bertz CT molecular complexity index is 636. The van der Waals surface area contributed by atoms with Crippen molar-refractivity contribution < 1.29 is 13.9 Å². The summed E-state index contributed by atoms with van der Waals surface area (Å²) in [6.45, 7) is 0. The summed E-state index contributed by atoms with van der Waals surface area (Å²) in [6, 6.07) is 7.47. The number of furan rings is 1. The van der Waals surface area contributed by atoms with E-state index in [9.17, 15) is 4.79 Å². The van der Waals surface area contributed by atoms with Crippen molar-refractivity contribution in [1.29, 1.82) is 0 Å². The zero-order chi connectivity index (χ0) is 13.2. The van der Waals surface area contributed by atoms with Crippen molar-refractivity contribution in [1.82, 2.24) is 0 Å². The van der Waals surface area contributed by atoms with E-state index in [1.807, 2.05) is 30.3 Å². The summed E-state index contributed by atoms with van der Waals surface area (Å²) in [5.41, 5.74) is 3.61. The Morgan fingerprint density at radius 1 is 1.26 bits per heavy atom. The average Bonchev–Trinajstić information content (AvgIpc) is 2.94. The largest absolute Gasteiger partial charge is 0.497 e. The summed E-state index contributed by atoms with van der Waals surface area (Å²) in [7, 11) is 1.64. The van der Waals surface area contributed by atoms with Crippen LogP contribution in [0.2, 0.25) is 0 Å². The number of methoxy groups -OCH3 is 1. The Balaban J connectivity index is 1.96. The third kappa shape index (κ3) is 2.19. The first kappa shape index (κ1) is 11.8. The number of carbonyl (C=O) groups is 1. The van der Waals surface area contributed by atoms with Gasteiger partial charge in [-0.3, -0.25) is 4.79 Å². The maximum absolute atomic E-state index is 12.4. The van der Waals surface area contributed by atoms with Crippen molar-refractivity contribution in [3.05, 3.63) is 59.1 Å². The number of hydrogen-bond donors (Lipinski definition) is 0. The molecule has 19 heavy (non-hydrogen) atoms. The van der Waals surface area contributed by atoms with Gasteiger partial charge < -0.3 is 9.15 Å². The van der Waals surface area contributed by atoms with Gasteiger partial charge in [0.1, 0.15) is 5.75 Å². The minimum atomic E-state index is 0.102. The van der Waals surface area contributed by atoms with Gasteiger partial charge in [-0.15, -0.1) is 0 Å². The third-order valence-corrected chi connectivity index (χ3v) is 3.40. The summed E-state index contributed by atoms with van der Waals surface area (Å²) >= 11 is 0. The molecule has 3 rings (SSSR count). The molecule has 0 radical (unpaired) electrons. The van der Waals surface area contributed by atoms with Crippen molar-refractivity contribution in [2.45, 2.75) is 12.8 Å². The van der Waals surface area contributed by atoms with Crippen LogP contribution < -0.4 is 4.74 Å². The Hall–Kier alpha value is -2.29. The van der Waals surface area contributed by atoms with Crippen LogP contribution in [-0.2, 0) is 6.42 Å². The fourth-order valence-electron chi connectivity index (χ4n) is 2.38. The van der Waals surface area contributed by atoms with Crippen LogP contribution in [0.1, 0.15) is 27.9 Å². The molecular formula is C16H14O3. The molecule has 0 atom stereocenters. The molecule has 0 amide bonds. The number of carbonyl (C=O) groups excluding carboxylic acids is 1. The summed E-state index contributed by atoms with van der Waals surface area (Å²) < 4.78 is 10.2. The van der Waals surface area contributed by atoms with E-state index < -0.39 is 0 Å². The van der Waals surface area contributed by atoms with E-state index in [0.717, 1.165) is 40.9 Å². The molecule has 0 saturated heterocycles. The molecule has 0 saturated carbocycles. The molecule has 0 bridgehead atoms. The number of Topliss-reactive ketones (excluding diaryl/α,β-unsaturated/α-hetero) is 1. The van der Waals surface area contributed by atoms with Gasteiger partial charge in [-0.25, -0.2) is 0 Å². The van der Waals surface area contributed by atoms with E-state index in [4.69, 9.17) is 9.15 Å². The first-order valence-corrected chi connectivity index (χ1v) is 6.22. The van der Waals surface area contributed by atoms with Gasteiger partial charge in [0.15, 0.2) is 5.78 Å². The van der Waals surface area contributed by atoms with Gasteiger partial charge in [0.2, 0.25) is 0 Å². The maximum Gasteiger partial charge on any atom is 0.189 e. The van der Waals surface area contributed by atoms with Crippen LogP contribution in [0.5, 0.6) is 5.75 Å². The summed E-state index contributed by atoms with van der Waals surface area (Å²) in [5, 5.41) is 0. The number of hydrogen-bond acceptors (Lipinski definition) is 3. The molecule has 0 aliphatic heterocycles. The molecule has 2 aromatic rings. The van der Waals surface area contributed by atoms with Gasteiger partial charge in [0, 0.05) is 16.7 Å². The molecule has 1 aliphatic carbocycles. The number of allylic oxidation sites excluding steroid dienone is 1. The lowest BCUT2D eigenvalue weighted by atomic mass is 9.86. The van der Waals surface area contributed by atoms with E-state index >= 15 is 0 Å². The minimum Gasteiger partial charge on any atom is -0.497 e. The van der Waals surface area contributed by atoms with Gasteiger partial charge >= 0.3 is 0 Å². The van der Waals surface area contributed by atoms with E-state index in [-0.39, 0.29) is 5.78 Å². The molecule has 1 aliphatic rings. The van der Waals surface area contributed by atoms with Gasteiger partial charge in [-0.05, 0) is 48.7 Å². The number of benzene rings is 1. The van der Waals surface area contributed by atoms with E-state index in [0.29, 0.717) is 0 Å². The second-order valence-electron chi connectivity index (χ2n) is 4.58. The Morgan fingerprint density at radius 3 is 2.89 bits per heavy atom. The van der Waals surface area contributed by atoms with Gasteiger partial charge in [0.05, 0.1) is 19.6 Å². The van der Waals surface area contributed by atoms with Crippen LogP contribution >= 0.6 is 0 Å². The molecule has 3 heteroatoms. The molecule has 1 aromatic carbocycles. The standard InChI is InChI=1S/C16H14O3/c1-18-14-4-5-15-12(9-14)2-3-13(16(15)17)8-11-6-7-19-10-11/h4-10H,2-3H2,1H3. The average molecular weight is 254 g/mol. The van der Waals surface area contributed by atoms with Gasteiger partial charge in [-0.2, -0.15) is 0 Å². The number of aryl methyl sites for hydroxylation is 1. The quantitative estimate of drug-likeness (QED) is 0.770. The minimum absolute atomic E-state index is 0.102. The highest BCUT2D eigenvalue weighted by molar-refractivity contribution is 6.13. The summed E-state index contributed by atoms with van der Waals surface area (Å²) in [5.74, 6) is 0.902. The van der Waals surface area contributed by atoms with Crippen molar-refractivity contribution >= 4 is 11.9 Å². The molecule has 0 N–H and O–H groups in total. The molecular weight excluding hydrogens is 240 g/mol. The van der Waals surface area contributed by atoms with Crippen LogP contribution in [0.15, 0.2) is 46.8 Å². The van der Waals surface area contributed by atoms with Crippen LogP contribution in [-0.4, -0.2) is 12.9 Å². The van der Waals surface area contributed by atoms with E-state index in [1.54, 1.807) is 19.6 Å². The second kappa shape index (κ2) is 4.76. The highest BCUT2D eigenvalue weighted by Crippen LogP contribution is 2.29. The zero-order valence-electron chi connectivity index (χ0n) is 10.7. The van der Waals surface area contributed by atoms with E-state index in [1.165, 1.54) is 0 Å². The highest BCUT2D eigenvalue weighted by atomic mass is 16.5. The van der Waals surface area contributed by atoms with E-state index in [2.05, 4.69) is 0 Å². The second-order valence-corrected chi connectivity index (χ2v) is 4.58. The molecule has 0 unspecified atom stereocenters. The monoisotopic (exact) mass is 254 g/mol. The maximum atomic E-state index is 12.4. The molecule has 1 aromatic heterocycles. The van der Waals surface area contributed by atoms with Crippen LogP contribution in [0.4, 0.5) is 0 Å². The zero-order valence-corrected chi connectivity index (χ0v) is 10.7. The lowest BCUT2D eigenvalue weighted by Crippen LogP contribution is -2.14. The molecule has 96 valence electrons. The number of rotatable bonds is 2. The topological polar surface area (TPSA) is 39.4 Å². The first-order chi connectivity index (χ1) is 9.28. The van der Waals surface area contributed by atoms with Gasteiger partial charge in [0.25, 0.3) is 0 Å². The van der Waals surface area contributed by atoms with Crippen molar-refractivity contribution in [2.24, 2.45) is 0 Å². The number of fused-ring (bicyclic) bond motifs is 1. The lowest BCUT2D eigenvalue weighted by molar-refractivity contribution is 0.102. The Labute approximate surface area is 111 Å². The molecule has 3 nitrogen and oxygen atoms in total. The third-order valence-electron chi connectivity index (χ3n) is 3.40. The summed E-state index contributed by atoms with van der Waals surface area (Å²) in [4.78, 5) is 12.4. The Morgan fingerprint density at radius 2 is 2.16 bits per heavy atom. The highest BCUT2D eigenvalue weighted by Gasteiger charge is 2.22. The van der Waals surface area contributed by atoms with Crippen molar-refractivity contribution in [3.63, 3.8) is 0 Å². The smallest absolute Gasteiger partial charge is 0.189 e. The van der Waals surface area contributed by atoms with Crippen molar-refractivity contribution in [3.8, 4) is 5.75 Å².